The van der Waals surface area contributed by atoms with Gasteiger partial charge in [0.25, 0.3) is 0 Å². The van der Waals surface area contributed by atoms with Gasteiger partial charge in [-0.3, -0.25) is 0 Å². The molecule has 1 aliphatic rings. The lowest BCUT2D eigenvalue weighted by Gasteiger charge is -2.34. The quantitative estimate of drug-likeness (QED) is 0.878. The van der Waals surface area contributed by atoms with Crippen LogP contribution in [0.2, 0.25) is 0 Å². The van der Waals surface area contributed by atoms with E-state index in [4.69, 9.17) is 4.74 Å². The molecule has 0 saturated carbocycles. The van der Waals surface area contributed by atoms with Crippen molar-refractivity contribution in [2.24, 2.45) is 0 Å². The zero-order valence-corrected chi connectivity index (χ0v) is 12.1. The highest BCUT2D eigenvalue weighted by atomic mass is 16.5. The van der Waals surface area contributed by atoms with Gasteiger partial charge in [-0.25, -0.2) is 4.98 Å². The lowest BCUT2D eigenvalue weighted by atomic mass is 10.1. The number of aryl methyl sites for hydroxylation is 1. The van der Waals surface area contributed by atoms with Crippen molar-refractivity contribution in [3.05, 3.63) is 11.8 Å². The summed E-state index contributed by atoms with van der Waals surface area (Å²) in [4.78, 5) is 11.4. The first kappa shape index (κ1) is 14.1. The summed E-state index contributed by atoms with van der Waals surface area (Å²) < 4.78 is 5.26. The molecule has 2 rings (SSSR count). The highest BCUT2D eigenvalue weighted by molar-refractivity contribution is 5.36. The lowest BCUT2D eigenvalue weighted by Crippen LogP contribution is -2.47. The molecule has 0 bridgehead atoms. The van der Waals surface area contributed by atoms with E-state index in [-0.39, 0.29) is 0 Å². The van der Waals surface area contributed by atoms with Crippen molar-refractivity contribution >= 4 is 5.95 Å². The molecule has 106 valence electrons. The molecule has 0 spiro atoms. The van der Waals surface area contributed by atoms with E-state index in [1.54, 1.807) is 7.11 Å². The van der Waals surface area contributed by atoms with Crippen LogP contribution in [0.25, 0.3) is 0 Å². The zero-order chi connectivity index (χ0) is 13.7. The molecule has 1 fully saturated rings. The summed E-state index contributed by atoms with van der Waals surface area (Å²) in [5.41, 5.74) is 0.951. The number of piperidine rings is 1. The van der Waals surface area contributed by atoms with Crippen molar-refractivity contribution in [2.75, 3.05) is 31.6 Å². The average molecular weight is 264 g/mol. The minimum Gasteiger partial charge on any atom is -0.481 e. The predicted molar refractivity (Wildman–Crippen MR) is 76.8 cm³/mol. The van der Waals surface area contributed by atoms with E-state index in [0.717, 1.165) is 37.7 Å². The van der Waals surface area contributed by atoms with Gasteiger partial charge in [0.15, 0.2) is 0 Å². The minimum atomic E-state index is 0.486. The third kappa shape index (κ3) is 3.56. The van der Waals surface area contributed by atoms with Gasteiger partial charge < -0.3 is 15.0 Å². The van der Waals surface area contributed by atoms with Gasteiger partial charge in [0.2, 0.25) is 11.8 Å². The fraction of sp³-hybridized carbons (Fsp3) is 0.714. The number of methoxy groups -OCH3 is 1. The highest BCUT2D eigenvalue weighted by Gasteiger charge is 2.23. The van der Waals surface area contributed by atoms with Crippen molar-refractivity contribution < 1.29 is 4.74 Å². The van der Waals surface area contributed by atoms with Crippen LogP contribution in [0, 0.1) is 6.92 Å². The molecule has 1 aromatic rings. The maximum absolute atomic E-state index is 5.26. The maximum atomic E-state index is 5.26. The minimum absolute atomic E-state index is 0.486. The Morgan fingerprint density at radius 3 is 2.95 bits per heavy atom. The van der Waals surface area contributed by atoms with Gasteiger partial charge in [-0.1, -0.05) is 6.92 Å². The topological polar surface area (TPSA) is 50.3 Å². The van der Waals surface area contributed by atoms with Crippen molar-refractivity contribution in [2.45, 2.75) is 39.2 Å². The number of hydrogen-bond donors (Lipinski definition) is 1. The number of anilines is 1. The highest BCUT2D eigenvalue weighted by Crippen LogP contribution is 2.20. The molecule has 5 nitrogen and oxygen atoms in total. The van der Waals surface area contributed by atoms with Gasteiger partial charge in [-0.05, 0) is 32.7 Å². The van der Waals surface area contributed by atoms with E-state index in [1.807, 2.05) is 13.0 Å². The first-order valence-corrected chi connectivity index (χ1v) is 7.11. The number of hydrogen-bond acceptors (Lipinski definition) is 5. The zero-order valence-electron chi connectivity index (χ0n) is 12.1. The van der Waals surface area contributed by atoms with Crippen LogP contribution in [0.3, 0.4) is 0 Å². The summed E-state index contributed by atoms with van der Waals surface area (Å²) in [6.07, 6.45) is 3.51. The number of rotatable bonds is 5. The summed E-state index contributed by atoms with van der Waals surface area (Å²) in [6.45, 7) is 7.29. The van der Waals surface area contributed by atoms with Crippen LogP contribution >= 0.6 is 0 Å². The second-order valence-electron chi connectivity index (χ2n) is 5.05. The van der Waals surface area contributed by atoms with Crippen molar-refractivity contribution in [1.29, 1.82) is 0 Å². The molecule has 1 unspecified atom stereocenters. The van der Waals surface area contributed by atoms with Crippen LogP contribution in [0.5, 0.6) is 5.88 Å². The van der Waals surface area contributed by atoms with Crippen LogP contribution < -0.4 is 15.0 Å². The van der Waals surface area contributed by atoms with Crippen molar-refractivity contribution in [3.63, 3.8) is 0 Å². The van der Waals surface area contributed by atoms with Gasteiger partial charge in [-0.15, -0.1) is 0 Å². The molecule has 1 aliphatic heterocycles. The average Bonchev–Trinajstić information content (AvgIpc) is 2.45. The fourth-order valence-electron chi connectivity index (χ4n) is 2.54. The molecular formula is C14H24N4O. The molecule has 19 heavy (non-hydrogen) atoms. The molecule has 1 saturated heterocycles. The molecule has 1 N–H and O–H groups in total. The van der Waals surface area contributed by atoms with Crippen LogP contribution in [-0.2, 0) is 0 Å². The largest absolute Gasteiger partial charge is 0.481 e. The lowest BCUT2D eigenvalue weighted by molar-refractivity contribution is 0.391. The second-order valence-corrected chi connectivity index (χ2v) is 5.05. The molecule has 5 heteroatoms. The van der Waals surface area contributed by atoms with Crippen LogP contribution in [-0.4, -0.2) is 42.8 Å². The van der Waals surface area contributed by atoms with Crippen molar-refractivity contribution in [3.8, 4) is 5.88 Å². The van der Waals surface area contributed by atoms with Gasteiger partial charge >= 0.3 is 0 Å². The Bertz CT molecular complexity index is 404. The molecular weight excluding hydrogens is 240 g/mol. The molecule has 1 atom stereocenters. The first-order valence-electron chi connectivity index (χ1n) is 7.11. The van der Waals surface area contributed by atoms with Gasteiger partial charge in [0, 0.05) is 30.9 Å². The van der Waals surface area contributed by atoms with Gasteiger partial charge in [0.05, 0.1) is 7.11 Å². The Balaban J connectivity index is 2.24. The predicted octanol–water partition coefficient (Wildman–Crippen LogP) is 1.76. The molecule has 2 heterocycles. The normalized spacial score (nSPS) is 19.2. The maximum Gasteiger partial charge on any atom is 0.229 e. The van der Waals surface area contributed by atoms with Crippen LogP contribution in [0.15, 0.2) is 6.07 Å². The summed E-state index contributed by atoms with van der Waals surface area (Å²) in [5, 5.41) is 3.46. The Morgan fingerprint density at radius 1 is 1.47 bits per heavy atom. The molecule has 0 radical (unpaired) electrons. The third-order valence-corrected chi connectivity index (χ3v) is 3.46. The Labute approximate surface area is 115 Å². The summed E-state index contributed by atoms with van der Waals surface area (Å²) in [7, 11) is 1.65. The van der Waals surface area contributed by atoms with Gasteiger partial charge in [0.1, 0.15) is 0 Å². The summed E-state index contributed by atoms with van der Waals surface area (Å²) in [6, 6.07) is 2.35. The smallest absolute Gasteiger partial charge is 0.229 e. The first-order chi connectivity index (χ1) is 9.24. The number of aromatic nitrogens is 2. The number of ether oxygens (including phenoxy) is 1. The molecule has 0 amide bonds. The summed E-state index contributed by atoms with van der Waals surface area (Å²) in [5.74, 6) is 1.44. The van der Waals surface area contributed by atoms with E-state index in [0.29, 0.717) is 11.9 Å². The van der Waals surface area contributed by atoms with E-state index in [9.17, 15) is 0 Å². The fourth-order valence-corrected chi connectivity index (χ4v) is 2.54. The monoisotopic (exact) mass is 264 g/mol. The van der Waals surface area contributed by atoms with E-state index >= 15 is 0 Å². The standard InChI is InChI=1S/C14H24N4O/c1-4-8-18(12-6-5-7-15-10-12)14-16-11(2)9-13(17-14)19-3/h9,12,15H,4-8,10H2,1-3H3. The Hall–Kier alpha value is -1.36. The van der Waals surface area contributed by atoms with Crippen molar-refractivity contribution in [1.82, 2.24) is 15.3 Å². The molecule has 0 aliphatic carbocycles. The second kappa shape index (κ2) is 6.70. The van der Waals surface area contributed by atoms with E-state index in [2.05, 4.69) is 27.1 Å². The Morgan fingerprint density at radius 2 is 2.32 bits per heavy atom. The Kier molecular flexibility index (Phi) is 4.96. The van der Waals surface area contributed by atoms with E-state index < -0.39 is 0 Å². The van der Waals surface area contributed by atoms with E-state index in [1.165, 1.54) is 12.8 Å². The van der Waals surface area contributed by atoms with Gasteiger partial charge in [-0.2, -0.15) is 4.98 Å². The number of nitrogens with one attached hydrogen (secondary N) is 1. The molecule has 0 aromatic carbocycles. The summed E-state index contributed by atoms with van der Waals surface area (Å²) >= 11 is 0. The molecule has 1 aromatic heterocycles. The van der Waals surface area contributed by atoms with Crippen LogP contribution in [0.4, 0.5) is 5.95 Å². The SMILES string of the molecule is CCCN(c1nc(C)cc(OC)n1)C1CCCNC1. The third-order valence-electron chi connectivity index (χ3n) is 3.46. The van der Waals surface area contributed by atoms with Crippen LogP contribution in [0.1, 0.15) is 31.9 Å². The number of nitrogens with zero attached hydrogens (tertiary/aromatic N) is 3.